The molecule has 7 heteroatoms. The number of aromatic nitrogens is 2. The number of hydrogen-bond donors (Lipinski definition) is 1. The average molecular weight is 397 g/mol. The predicted molar refractivity (Wildman–Crippen MR) is 113 cm³/mol. The number of nitrogens with one attached hydrogen (secondary N) is 1. The summed E-state index contributed by atoms with van der Waals surface area (Å²) < 4.78 is 5.22. The fraction of sp³-hybridized carbons (Fsp3) is 0.591. The maximum absolute atomic E-state index is 5.22. The second-order valence-corrected chi connectivity index (χ2v) is 8.07. The Hall–Kier alpha value is -2.41. The van der Waals surface area contributed by atoms with Gasteiger partial charge in [-0.1, -0.05) is 35.5 Å². The van der Waals surface area contributed by atoms with E-state index in [-0.39, 0.29) is 0 Å². The Morgan fingerprint density at radius 1 is 1.24 bits per heavy atom. The van der Waals surface area contributed by atoms with Gasteiger partial charge in [-0.2, -0.15) is 4.98 Å². The molecule has 1 aromatic heterocycles. The van der Waals surface area contributed by atoms with Crippen LogP contribution in [0.15, 0.2) is 39.8 Å². The zero-order valence-corrected chi connectivity index (χ0v) is 17.5. The maximum atomic E-state index is 5.22. The SMILES string of the molecule is CCNC(=NCc1nc(C)no1)N1CCC2C(CCCN2Cc2ccccc2)C1. The van der Waals surface area contributed by atoms with Crippen molar-refractivity contribution >= 4 is 5.96 Å². The fourth-order valence-electron chi connectivity index (χ4n) is 4.69. The van der Waals surface area contributed by atoms with E-state index in [2.05, 4.69) is 62.5 Å². The average Bonchev–Trinajstić information content (AvgIpc) is 3.17. The summed E-state index contributed by atoms with van der Waals surface area (Å²) in [5, 5.41) is 7.30. The molecule has 3 heterocycles. The summed E-state index contributed by atoms with van der Waals surface area (Å²) in [6, 6.07) is 11.5. The van der Waals surface area contributed by atoms with Crippen LogP contribution >= 0.6 is 0 Å². The normalized spacial score (nSPS) is 23.1. The lowest BCUT2D eigenvalue weighted by atomic mass is 9.83. The molecular weight excluding hydrogens is 364 g/mol. The third kappa shape index (κ3) is 4.96. The van der Waals surface area contributed by atoms with E-state index in [4.69, 9.17) is 9.52 Å². The topological polar surface area (TPSA) is 69.8 Å². The Bertz CT molecular complexity index is 805. The van der Waals surface area contributed by atoms with E-state index in [1.807, 2.05) is 6.92 Å². The minimum atomic E-state index is 0.425. The molecule has 29 heavy (non-hydrogen) atoms. The zero-order chi connectivity index (χ0) is 20.1. The van der Waals surface area contributed by atoms with Crippen molar-refractivity contribution in [2.24, 2.45) is 10.9 Å². The molecule has 4 rings (SSSR count). The molecule has 0 bridgehead atoms. The lowest BCUT2D eigenvalue weighted by Gasteiger charge is -2.48. The summed E-state index contributed by atoms with van der Waals surface area (Å²) in [5.74, 6) is 2.87. The van der Waals surface area contributed by atoms with Gasteiger partial charge in [0.15, 0.2) is 11.8 Å². The number of benzene rings is 1. The van der Waals surface area contributed by atoms with E-state index in [1.54, 1.807) is 0 Å². The summed E-state index contributed by atoms with van der Waals surface area (Å²) >= 11 is 0. The van der Waals surface area contributed by atoms with E-state index in [0.29, 0.717) is 30.2 Å². The summed E-state index contributed by atoms with van der Waals surface area (Å²) in [6.07, 6.45) is 3.76. The number of aliphatic imine (C=N–C) groups is 1. The van der Waals surface area contributed by atoms with Gasteiger partial charge in [0.25, 0.3) is 0 Å². The molecule has 2 fully saturated rings. The van der Waals surface area contributed by atoms with Crippen LogP contribution in [0, 0.1) is 12.8 Å². The Kier molecular flexibility index (Phi) is 6.44. The Morgan fingerprint density at radius 3 is 2.86 bits per heavy atom. The van der Waals surface area contributed by atoms with Crippen molar-refractivity contribution in [1.82, 2.24) is 25.3 Å². The molecule has 0 saturated carbocycles. The molecule has 2 aromatic rings. The first-order valence-electron chi connectivity index (χ1n) is 10.8. The smallest absolute Gasteiger partial charge is 0.248 e. The van der Waals surface area contributed by atoms with Crippen LogP contribution in [0.5, 0.6) is 0 Å². The fourth-order valence-corrected chi connectivity index (χ4v) is 4.69. The molecule has 2 aliphatic heterocycles. The number of hydrogen-bond acceptors (Lipinski definition) is 5. The van der Waals surface area contributed by atoms with E-state index in [9.17, 15) is 0 Å². The minimum absolute atomic E-state index is 0.425. The number of fused-ring (bicyclic) bond motifs is 1. The number of guanidine groups is 1. The molecule has 2 aliphatic rings. The summed E-state index contributed by atoms with van der Waals surface area (Å²) in [4.78, 5) is 14.1. The quantitative estimate of drug-likeness (QED) is 0.619. The van der Waals surface area contributed by atoms with E-state index >= 15 is 0 Å². The Balaban J connectivity index is 1.40. The molecule has 156 valence electrons. The summed E-state index contributed by atoms with van der Waals surface area (Å²) in [6.45, 7) is 9.58. The van der Waals surface area contributed by atoms with Crippen LogP contribution in [0.25, 0.3) is 0 Å². The van der Waals surface area contributed by atoms with Crippen LogP contribution in [-0.4, -0.2) is 58.1 Å². The van der Waals surface area contributed by atoms with Gasteiger partial charge in [0.1, 0.15) is 6.54 Å². The van der Waals surface area contributed by atoms with Crippen molar-refractivity contribution in [3.63, 3.8) is 0 Å². The van der Waals surface area contributed by atoms with Crippen LogP contribution in [0.1, 0.15) is 43.5 Å². The van der Waals surface area contributed by atoms with Gasteiger partial charge >= 0.3 is 0 Å². The number of rotatable bonds is 5. The van der Waals surface area contributed by atoms with Crippen LogP contribution in [0.3, 0.4) is 0 Å². The third-order valence-corrected chi connectivity index (χ3v) is 5.98. The lowest BCUT2D eigenvalue weighted by Crippen LogP contribution is -2.56. The second-order valence-electron chi connectivity index (χ2n) is 8.07. The number of piperidine rings is 2. The van der Waals surface area contributed by atoms with Crippen molar-refractivity contribution in [2.45, 2.75) is 52.2 Å². The molecule has 1 N–H and O–H groups in total. The third-order valence-electron chi connectivity index (χ3n) is 5.98. The van der Waals surface area contributed by atoms with Gasteiger partial charge in [-0.25, -0.2) is 4.99 Å². The highest BCUT2D eigenvalue weighted by Gasteiger charge is 2.36. The Morgan fingerprint density at radius 2 is 2.10 bits per heavy atom. The number of likely N-dealkylation sites (tertiary alicyclic amines) is 2. The summed E-state index contributed by atoms with van der Waals surface area (Å²) in [7, 11) is 0. The van der Waals surface area contributed by atoms with Crippen molar-refractivity contribution in [2.75, 3.05) is 26.2 Å². The molecule has 2 unspecified atom stereocenters. The van der Waals surface area contributed by atoms with E-state index in [0.717, 1.165) is 32.1 Å². The molecule has 2 atom stereocenters. The minimum Gasteiger partial charge on any atom is -0.357 e. The highest BCUT2D eigenvalue weighted by molar-refractivity contribution is 5.80. The monoisotopic (exact) mass is 396 g/mol. The zero-order valence-electron chi connectivity index (χ0n) is 17.5. The maximum Gasteiger partial charge on any atom is 0.248 e. The number of nitrogens with zero attached hydrogens (tertiary/aromatic N) is 5. The predicted octanol–water partition coefficient (Wildman–Crippen LogP) is 2.83. The van der Waals surface area contributed by atoms with Crippen LogP contribution in [-0.2, 0) is 13.1 Å². The van der Waals surface area contributed by atoms with Gasteiger partial charge in [0.05, 0.1) is 0 Å². The van der Waals surface area contributed by atoms with Gasteiger partial charge in [0.2, 0.25) is 5.89 Å². The van der Waals surface area contributed by atoms with Gasteiger partial charge < -0.3 is 14.7 Å². The van der Waals surface area contributed by atoms with Gasteiger partial charge in [0, 0.05) is 32.2 Å². The molecular formula is C22H32N6O. The van der Waals surface area contributed by atoms with Gasteiger partial charge in [-0.3, -0.25) is 4.90 Å². The standard InChI is InChI=1S/C22H32N6O/c1-3-23-22(24-14-21-25-17(2)26-29-21)28-13-11-20-19(16-28)10-7-12-27(20)15-18-8-5-4-6-9-18/h4-6,8-9,19-20H,3,7,10-16H2,1-2H3,(H,23,24). The first-order chi connectivity index (χ1) is 14.2. The number of aryl methyl sites for hydroxylation is 1. The molecule has 7 nitrogen and oxygen atoms in total. The van der Waals surface area contributed by atoms with Gasteiger partial charge in [-0.15, -0.1) is 0 Å². The largest absolute Gasteiger partial charge is 0.357 e. The highest BCUT2D eigenvalue weighted by atomic mass is 16.5. The molecule has 0 amide bonds. The first kappa shape index (κ1) is 19.9. The molecule has 0 aliphatic carbocycles. The lowest BCUT2D eigenvalue weighted by molar-refractivity contribution is 0.0372. The first-order valence-corrected chi connectivity index (χ1v) is 10.8. The van der Waals surface area contributed by atoms with Crippen molar-refractivity contribution in [3.05, 3.63) is 47.6 Å². The van der Waals surface area contributed by atoms with Crippen molar-refractivity contribution < 1.29 is 4.52 Å². The molecule has 0 radical (unpaired) electrons. The highest BCUT2D eigenvalue weighted by Crippen LogP contribution is 2.31. The van der Waals surface area contributed by atoms with Crippen LogP contribution in [0.2, 0.25) is 0 Å². The van der Waals surface area contributed by atoms with Crippen LogP contribution < -0.4 is 5.32 Å². The van der Waals surface area contributed by atoms with E-state index in [1.165, 1.54) is 31.4 Å². The van der Waals surface area contributed by atoms with E-state index < -0.39 is 0 Å². The Labute approximate surface area is 173 Å². The van der Waals surface area contributed by atoms with Crippen molar-refractivity contribution in [3.8, 4) is 0 Å². The van der Waals surface area contributed by atoms with Crippen LogP contribution in [0.4, 0.5) is 0 Å². The second kappa shape index (κ2) is 9.39. The molecule has 1 aromatic carbocycles. The molecule has 2 saturated heterocycles. The van der Waals surface area contributed by atoms with Gasteiger partial charge in [-0.05, 0) is 51.1 Å². The van der Waals surface area contributed by atoms with Crippen molar-refractivity contribution in [1.29, 1.82) is 0 Å². The molecule has 0 spiro atoms. The summed E-state index contributed by atoms with van der Waals surface area (Å²) in [5.41, 5.74) is 1.42.